The molecule has 6 heteroatoms. The first kappa shape index (κ1) is 10.8. The van der Waals surface area contributed by atoms with Gasteiger partial charge in [0.1, 0.15) is 4.88 Å². The zero-order chi connectivity index (χ0) is 10.8. The van der Waals surface area contributed by atoms with E-state index in [1.807, 2.05) is 25.4 Å². The van der Waals surface area contributed by atoms with E-state index in [0.29, 0.717) is 11.8 Å². The van der Waals surface area contributed by atoms with Crippen molar-refractivity contribution in [1.29, 1.82) is 0 Å². The van der Waals surface area contributed by atoms with Gasteiger partial charge in [-0.25, -0.2) is 0 Å². The SMILES string of the molecule is CNC(C)c1nnc(-c2sccc2Br)o1. The van der Waals surface area contributed by atoms with Gasteiger partial charge < -0.3 is 9.73 Å². The number of nitrogens with one attached hydrogen (secondary N) is 1. The highest BCUT2D eigenvalue weighted by Gasteiger charge is 2.15. The molecule has 1 atom stereocenters. The van der Waals surface area contributed by atoms with E-state index in [4.69, 9.17) is 4.42 Å². The molecule has 0 fully saturated rings. The molecule has 0 spiro atoms. The minimum atomic E-state index is 0.0741. The summed E-state index contributed by atoms with van der Waals surface area (Å²) in [5.41, 5.74) is 0. The average molecular weight is 288 g/mol. The lowest BCUT2D eigenvalue weighted by atomic mass is 10.3. The lowest BCUT2D eigenvalue weighted by molar-refractivity contribution is 0.442. The third-order valence-corrected chi connectivity index (χ3v) is 3.88. The quantitative estimate of drug-likeness (QED) is 0.943. The molecule has 15 heavy (non-hydrogen) atoms. The first-order valence-electron chi connectivity index (χ1n) is 4.46. The van der Waals surface area contributed by atoms with Crippen molar-refractivity contribution in [2.24, 2.45) is 0 Å². The van der Waals surface area contributed by atoms with Crippen molar-refractivity contribution in [3.63, 3.8) is 0 Å². The van der Waals surface area contributed by atoms with Crippen molar-refractivity contribution < 1.29 is 4.42 Å². The molecule has 0 saturated carbocycles. The number of rotatable bonds is 3. The maximum atomic E-state index is 5.56. The van der Waals surface area contributed by atoms with Crippen LogP contribution in [-0.4, -0.2) is 17.2 Å². The van der Waals surface area contributed by atoms with Crippen molar-refractivity contribution in [2.75, 3.05) is 7.05 Å². The molecule has 2 rings (SSSR count). The van der Waals surface area contributed by atoms with Crippen molar-refractivity contribution in [3.8, 4) is 10.8 Å². The fourth-order valence-electron chi connectivity index (χ4n) is 1.07. The number of hydrogen-bond donors (Lipinski definition) is 1. The van der Waals surface area contributed by atoms with E-state index in [0.717, 1.165) is 9.35 Å². The van der Waals surface area contributed by atoms with Gasteiger partial charge in [0, 0.05) is 4.47 Å². The Morgan fingerprint density at radius 3 is 2.93 bits per heavy atom. The molecule has 0 aliphatic rings. The lowest BCUT2D eigenvalue weighted by Gasteiger charge is -2.01. The summed E-state index contributed by atoms with van der Waals surface area (Å²) >= 11 is 5.01. The molecular weight excluding hydrogens is 278 g/mol. The summed E-state index contributed by atoms with van der Waals surface area (Å²) < 4.78 is 6.54. The second-order valence-corrected chi connectivity index (χ2v) is 4.82. The van der Waals surface area contributed by atoms with Crippen LogP contribution in [0.3, 0.4) is 0 Å². The summed E-state index contributed by atoms with van der Waals surface area (Å²) in [6, 6.07) is 2.04. The minimum absolute atomic E-state index is 0.0741. The van der Waals surface area contributed by atoms with Crippen molar-refractivity contribution in [2.45, 2.75) is 13.0 Å². The fraction of sp³-hybridized carbons (Fsp3) is 0.333. The molecule has 4 nitrogen and oxygen atoms in total. The number of halogens is 1. The van der Waals surface area contributed by atoms with E-state index in [1.165, 1.54) is 0 Å². The predicted molar refractivity (Wildman–Crippen MR) is 62.8 cm³/mol. The maximum Gasteiger partial charge on any atom is 0.258 e. The third-order valence-electron chi connectivity index (χ3n) is 2.06. The summed E-state index contributed by atoms with van der Waals surface area (Å²) in [6.07, 6.45) is 0. The van der Waals surface area contributed by atoms with E-state index in [2.05, 4.69) is 31.4 Å². The van der Waals surface area contributed by atoms with Crippen LogP contribution in [-0.2, 0) is 0 Å². The molecular formula is C9H10BrN3OS. The van der Waals surface area contributed by atoms with E-state index in [-0.39, 0.29) is 6.04 Å². The van der Waals surface area contributed by atoms with Crippen LogP contribution in [0.4, 0.5) is 0 Å². The Bertz CT molecular complexity index is 454. The number of thiophene rings is 1. The third kappa shape index (κ3) is 2.11. The van der Waals surface area contributed by atoms with Crippen LogP contribution >= 0.6 is 27.3 Å². The Balaban J connectivity index is 2.32. The summed E-state index contributed by atoms with van der Waals surface area (Å²) in [4.78, 5) is 0.969. The molecule has 80 valence electrons. The van der Waals surface area contributed by atoms with Gasteiger partial charge in [-0.2, -0.15) is 0 Å². The van der Waals surface area contributed by atoms with E-state index >= 15 is 0 Å². The van der Waals surface area contributed by atoms with Crippen LogP contribution in [0.1, 0.15) is 18.9 Å². The van der Waals surface area contributed by atoms with Gasteiger partial charge in [0.25, 0.3) is 5.89 Å². The smallest absolute Gasteiger partial charge is 0.258 e. The van der Waals surface area contributed by atoms with Crippen molar-refractivity contribution in [1.82, 2.24) is 15.5 Å². The van der Waals surface area contributed by atoms with Gasteiger partial charge in [-0.1, -0.05) is 0 Å². The van der Waals surface area contributed by atoms with Crippen molar-refractivity contribution in [3.05, 3.63) is 21.8 Å². The Hall–Kier alpha value is -0.720. The number of nitrogens with zero attached hydrogens (tertiary/aromatic N) is 2. The largest absolute Gasteiger partial charge is 0.418 e. The molecule has 0 aromatic carbocycles. The Kier molecular flexibility index (Phi) is 3.18. The zero-order valence-corrected chi connectivity index (χ0v) is 10.7. The second-order valence-electron chi connectivity index (χ2n) is 3.05. The van der Waals surface area contributed by atoms with Gasteiger partial charge in [-0.3, -0.25) is 0 Å². The molecule has 0 radical (unpaired) electrons. The van der Waals surface area contributed by atoms with Gasteiger partial charge in [-0.05, 0) is 41.3 Å². The topological polar surface area (TPSA) is 51.0 Å². The Morgan fingerprint density at radius 1 is 1.53 bits per heavy atom. The molecule has 0 amide bonds. The van der Waals surface area contributed by atoms with Gasteiger partial charge in [0.15, 0.2) is 0 Å². The molecule has 0 saturated heterocycles. The molecule has 0 bridgehead atoms. The van der Waals surface area contributed by atoms with Gasteiger partial charge in [0.2, 0.25) is 5.89 Å². The van der Waals surface area contributed by atoms with Gasteiger partial charge >= 0.3 is 0 Å². The monoisotopic (exact) mass is 287 g/mol. The standard InChI is InChI=1S/C9H10BrN3OS/c1-5(11-2)8-12-13-9(14-8)7-6(10)3-4-15-7/h3-5,11H,1-2H3. The molecule has 2 heterocycles. The van der Waals surface area contributed by atoms with Crippen LogP contribution < -0.4 is 5.32 Å². The minimum Gasteiger partial charge on any atom is -0.418 e. The summed E-state index contributed by atoms with van der Waals surface area (Å²) in [5, 5.41) is 13.0. The number of hydrogen-bond acceptors (Lipinski definition) is 5. The van der Waals surface area contributed by atoms with Crippen LogP contribution in [0.5, 0.6) is 0 Å². The van der Waals surface area contributed by atoms with Gasteiger partial charge in [-0.15, -0.1) is 21.5 Å². The highest BCUT2D eigenvalue weighted by molar-refractivity contribution is 9.10. The summed E-state index contributed by atoms with van der Waals surface area (Å²) in [7, 11) is 1.86. The number of aromatic nitrogens is 2. The highest BCUT2D eigenvalue weighted by Crippen LogP contribution is 2.32. The first-order valence-corrected chi connectivity index (χ1v) is 6.13. The summed E-state index contributed by atoms with van der Waals surface area (Å²) in [5.74, 6) is 1.17. The first-order chi connectivity index (χ1) is 7.22. The maximum absolute atomic E-state index is 5.56. The normalized spacial score (nSPS) is 13.0. The highest BCUT2D eigenvalue weighted by atomic mass is 79.9. The molecule has 2 aromatic rings. The molecule has 1 N–H and O–H groups in total. The average Bonchev–Trinajstić information content (AvgIpc) is 2.84. The Morgan fingerprint density at radius 2 is 2.33 bits per heavy atom. The van der Waals surface area contributed by atoms with Crippen molar-refractivity contribution >= 4 is 27.3 Å². The van der Waals surface area contributed by atoms with Crippen LogP contribution in [0.2, 0.25) is 0 Å². The Labute approximate surface area is 99.8 Å². The predicted octanol–water partition coefficient (Wildman–Crippen LogP) is 2.84. The molecule has 0 aliphatic carbocycles. The van der Waals surface area contributed by atoms with E-state index in [1.54, 1.807) is 11.3 Å². The van der Waals surface area contributed by atoms with Crippen LogP contribution in [0.15, 0.2) is 20.3 Å². The van der Waals surface area contributed by atoms with Gasteiger partial charge in [0.05, 0.1) is 6.04 Å². The van der Waals surface area contributed by atoms with Crippen LogP contribution in [0, 0.1) is 0 Å². The zero-order valence-electron chi connectivity index (χ0n) is 8.32. The van der Waals surface area contributed by atoms with E-state index < -0.39 is 0 Å². The fourth-order valence-corrected chi connectivity index (χ4v) is 2.53. The van der Waals surface area contributed by atoms with Crippen LogP contribution in [0.25, 0.3) is 10.8 Å². The lowest BCUT2D eigenvalue weighted by Crippen LogP contribution is -2.12. The molecule has 1 unspecified atom stereocenters. The molecule has 2 aromatic heterocycles. The van der Waals surface area contributed by atoms with E-state index in [9.17, 15) is 0 Å². The molecule has 0 aliphatic heterocycles. The second kappa shape index (κ2) is 4.42. The summed E-state index contributed by atoms with van der Waals surface area (Å²) in [6.45, 7) is 1.97.